The van der Waals surface area contributed by atoms with E-state index in [-0.39, 0.29) is 0 Å². The highest BCUT2D eigenvalue weighted by Gasteiger charge is 2.56. The van der Waals surface area contributed by atoms with E-state index in [1.54, 1.807) is 0 Å². The average Bonchev–Trinajstić information content (AvgIpc) is 2.84. The lowest BCUT2D eigenvalue weighted by molar-refractivity contribution is -0.240. The molecule has 43 heavy (non-hydrogen) atoms. The Morgan fingerprint density at radius 1 is 0.488 bits per heavy atom. The molecule has 0 aromatic heterocycles. The van der Waals surface area contributed by atoms with E-state index in [2.05, 4.69) is 0 Å². The molecule has 2 rings (SSSR count). The van der Waals surface area contributed by atoms with Gasteiger partial charge in [0.1, 0.15) is 23.6 Å². The van der Waals surface area contributed by atoms with Crippen molar-refractivity contribution in [3.8, 4) is 0 Å². The number of esters is 7. The molecule has 0 radical (unpaired) electrons. The van der Waals surface area contributed by atoms with E-state index in [9.17, 15) is 33.6 Å². The highest BCUT2D eigenvalue weighted by Crippen LogP contribution is 2.41. The summed E-state index contributed by atoms with van der Waals surface area (Å²) in [4.78, 5) is 83.9. The van der Waals surface area contributed by atoms with Crippen molar-refractivity contribution in [1.29, 1.82) is 0 Å². The summed E-state index contributed by atoms with van der Waals surface area (Å²) in [6.45, 7) is 8.79. The molecule has 2 saturated heterocycles. The van der Waals surface area contributed by atoms with Crippen LogP contribution in [0.5, 0.6) is 0 Å². The first-order chi connectivity index (χ1) is 20.0. The van der Waals surface area contributed by atoms with Crippen LogP contribution in [0.3, 0.4) is 0 Å². The second-order valence-electron chi connectivity index (χ2n) is 9.64. The lowest BCUT2D eigenvalue weighted by atomic mass is 9.99. The minimum absolute atomic E-state index is 0.463. The third-order valence-corrected chi connectivity index (χ3v) is 7.15. The largest absolute Gasteiger partial charge is 0.463 e. The van der Waals surface area contributed by atoms with Crippen LogP contribution >= 0.6 is 11.8 Å². The number of carbonyl (C=O) groups is 7. The predicted octanol–water partition coefficient (Wildman–Crippen LogP) is 0.343. The van der Waals surface area contributed by atoms with Crippen molar-refractivity contribution in [2.45, 2.75) is 115 Å². The van der Waals surface area contributed by atoms with E-state index < -0.39 is 108 Å². The molecule has 17 heteroatoms. The molecule has 0 aromatic carbocycles. The lowest BCUT2D eigenvalue weighted by Crippen LogP contribution is -2.63. The van der Waals surface area contributed by atoms with Gasteiger partial charge in [-0.3, -0.25) is 33.6 Å². The van der Waals surface area contributed by atoms with Crippen molar-refractivity contribution in [2.24, 2.45) is 0 Å². The van der Waals surface area contributed by atoms with Crippen molar-refractivity contribution in [3.05, 3.63) is 0 Å². The average molecular weight is 637 g/mol. The Balaban J connectivity index is 2.59. The molecule has 10 atom stereocenters. The van der Waals surface area contributed by atoms with Crippen LogP contribution in [0.1, 0.15) is 55.4 Å². The summed E-state index contributed by atoms with van der Waals surface area (Å²) in [5, 5.41) is 0. The maximum atomic E-state index is 12.2. The summed E-state index contributed by atoms with van der Waals surface area (Å²) < 4.78 is 49.7. The first-order valence-electron chi connectivity index (χ1n) is 13.1. The van der Waals surface area contributed by atoms with Crippen LogP contribution in [0.25, 0.3) is 0 Å². The normalized spacial score (nSPS) is 31.9. The quantitative estimate of drug-likeness (QED) is 0.234. The zero-order chi connectivity index (χ0) is 32.6. The van der Waals surface area contributed by atoms with Gasteiger partial charge in [0, 0.05) is 48.5 Å². The van der Waals surface area contributed by atoms with Gasteiger partial charge in [-0.1, -0.05) is 11.8 Å². The maximum absolute atomic E-state index is 12.2. The van der Waals surface area contributed by atoms with Crippen LogP contribution in [0.15, 0.2) is 0 Å². The first-order valence-corrected chi connectivity index (χ1v) is 14.1. The summed E-state index contributed by atoms with van der Waals surface area (Å²) in [5.41, 5.74) is -2.53. The maximum Gasteiger partial charge on any atom is 0.303 e. The van der Waals surface area contributed by atoms with Crippen LogP contribution in [0.2, 0.25) is 0 Å². The van der Waals surface area contributed by atoms with Gasteiger partial charge in [0.05, 0.1) is 6.10 Å². The highest BCUT2D eigenvalue weighted by molar-refractivity contribution is 8.00. The Morgan fingerprint density at radius 3 is 1.26 bits per heavy atom. The number of hydrogen-bond acceptors (Lipinski definition) is 17. The van der Waals surface area contributed by atoms with Crippen LogP contribution in [0.4, 0.5) is 0 Å². The molecule has 0 aliphatic carbocycles. The second-order valence-corrected chi connectivity index (χ2v) is 10.8. The molecule has 0 amide bonds. The number of hydrogen-bond donors (Lipinski definition) is 0. The van der Waals surface area contributed by atoms with Gasteiger partial charge in [0.25, 0.3) is 0 Å². The van der Waals surface area contributed by atoms with E-state index in [4.69, 9.17) is 42.6 Å². The molecule has 2 fully saturated rings. The SMILES string of the molecule is CC(=O)OC[C@H]1O[C@@H](S[C@H]2O[C@@H](C)[C@@H](OC(C)=O)[C@@H](OC(C)=O)[C@@H]2OC(C)=O)[C@H](OC(C)=O)[C@@H](OC(C)=O)[C@H]1OC(C)=O. The Hall–Kier alpha value is -3.44. The molecular weight excluding hydrogens is 600 g/mol. The summed E-state index contributed by atoms with van der Waals surface area (Å²) >= 11 is 0.784. The molecule has 2 heterocycles. The number of thioether (sulfide) groups is 1. The smallest absolute Gasteiger partial charge is 0.303 e. The fourth-order valence-electron chi connectivity index (χ4n) is 4.51. The van der Waals surface area contributed by atoms with E-state index >= 15 is 0 Å². The number of carbonyl (C=O) groups excluding carboxylic acids is 7. The van der Waals surface area contributed by atoms with Crippen molar-refractivity contribution in [2.75, 3.05) is 6.61 Å². The molecule has 0 saturated carbocycles. The number of ether oxygens (including phenoxy) is 9. The van der Waals surface area contributed by atoms with Crippen molar-refractivity contribution >= 4 is 53.5 Å². The molecule has 0 spiro atoms. The van der Waals surface area contributed by atoms with Crippen molar-refractivity contribution < 1.29 is 76.2 Å². The minimum Gasteiger partial charge on any atom is -0.463 e. The van der Waals surface area contributed by atoms with Crippen molar-refractivity contribution in [3.63, 3.8) is 0 Å². The van der Waals surface area contributed by atoms with Crippen LogP contribution in [-0.2, 0) is 76.2 Å². The van der Waals surface area contributed by atoms with Crippen LogP contribution < -0.4 is 0 Å². The first kappa shape index (κ1) is 35.8. The van der Waals surface area contributed by atoms with E-state index in [0.29, 0.717) is 0 Å². The Kier molecular flexibility index (Phi) is 13.2. The van der Waals surface area contributed by atoms with Gasteiger partial charge in [-0.15, -0.1) is 0 Å². The fraction of sp³-hybridized carbons (Fsp3) is 0.731. The standard InChI is InChI=1S/C26H36O16S/c1-10-19(36-12(3)28)21(38-14(5)30)23(40-16(7)32)25(35-10)43-26-24(41-17(8)33)22(39-15(6)31)20(37-13(4)29)18(42-26)9-34-11(2)27/h10,18-26H,9H2,1-8H3/t10-,18+,19+,20-,21+,22-,23-,24+,25+,26-/m0/s1. The van der Waals surface area contributed by atoms with Gasteiger partial charge >= 0.3 is 41.8 Å². The van der Waals surface area contributed by atoms with Gasteiger partial charge in [-0.25, -0.2) is 0 Å². The molecule has 0 unspecified atom stereocenters. The molecule has 0 aromatic rings. The lowest BCUT2D eigenvalue weighted by Gasteiger charge is -2.47. The summed E-state index contributed by atoms with van der Waals surface area (Å²) in [6, 6.07) is 0. The monoisotopic (exact) mass is 636 g/mol. The molecule has 2 aliphatic heterocycles. The molecule has 2 aliphatic rings. The van der Waals surface area contributed by atoms with Gasteiger partial charge in [0.15, 0.2) is 36.6 Å². The third-order valence-electron chi connectivity index (χ3n) is 5.85. The fourth-order valence-corrected chi connectivity index (χ4v) is 5.95. The van der Waals surface area contributed by atoms with Gasteiger partial charge in [0.2, 0.25) is 0 Å². The molecule has 242 valence electrons. The minimum atomic E-state index is -1.46. The molecule has 16 nitrogen and oxygen atoms in total. The summed E-state index contributed by atoms with van der Waals surface area (Å²) in [5.74, 6) is -5.43. The highest BCUT2D eigenvalue weighted by atomic mass is 32.2. The van der Waals surface area contributed by atoms with Crippen molar-refractivity contribution in [1.82, 2.24) is 0 Å². The third kappa shape index (κ3) is 10.7. The van der Waals surface area contributed by atoms with Gasteiger partial charge in [-0.05, 0) is 6.92 Å². The molecule has 0 N–H and O–H groups in total. The topological polar surface area (TPSA) is 203 Å². The summed E-state index contributed by atoms with van der Waals surface area (Å²) in [6.07, 6.45) is -10.4. The Bertz CT molecular complexity index is 1080. The molecule has 0 bridgehead atoms. The van der Waals surface area contributed by atoms with Gasteiger partial charge < -0.3 is 42.6 Å². The predicted molar refractivity (Wildman–Crippen MR) is 141 cm³/mol. The zero-order valence-corrected chi connectivity index (χ0v) is 25.7. The van der Waals surface area contributed by atoms with Gasteiger partial charge in [-0.2, -0.15) is 0 Å². The zero-order valence-electron chi connectivity index (χ0n) is 24.9. The Morgan fingerprint density at radius 2 is 0.837 bits per heavy atom. The van der Waals surface area contributed by atoms with Crippen LogP contribution in [0, 0.1) is 0 Å². The van der Waals surface area contributed by atoms with E-state index in [1.807, 2.05) is 0 Å². The number of rotatable bonds is 10. The van der Waals surface area contributed by atoms with E-state index in [0.717, 1.165) is 60.2 Å². The molecular formula is C26H36O16S. The second kappa shape index (κ2) is 15.9. The van der Waals surface area contributed by atoms with Crippen LogP contribution in [-0.4, -0.2) is 108 Å². The van der Waals surface area contributed by atoms with E-state index in [1.165, 1.54) is 6.92 Å². The Labute approximate surface area is 251 Å². The summed E-state index contributed by atoms with van der Waals surface area (Å²) in [7, 11) is 0.